The molecule has 4 nitrogen and oxygen atoms in total. The van der Waals surface area contributed by atoms with Gasteiger partial charge in [-0.15, -0.1) is 12.4 Å². The van der Waals surface area contributed by atoms with Crippen molar-refractivity contribution in [2.24, 2.45) is 0 Å². The molecular weight excluding hydrogens is 359 g/mol. The van der Waals surface area contributed by atoms with E-state index in [9.17, 15) is 4.79 Å². The predicted molar refractivity (Wildman–Crippen MR) is 105 cm³/mol. The summed E-state index contributed by atoms with van der Waals surface area (Å²) in [6.07, 6.45) is 0.338. The van der Waals surface area contributed by atoms with Gasteiger partial charge in [-0.25, -0.2) is 0 Å². The molecule has 136 valence electrons. The third-order valence-corrected chi connectivity index (χ3v) is 3.89. The molecule has 0 bridgehead atoms. The van der Waals surface area contributed by atoms with Gasteiger partial charge in [-0.2, -0.15) is 0 Å². The number of amides is 1. The lowest BCUT2D eigenvalue weighted by Crippen LogP contribution is -2.37. The SMILES string of the molecule is CNC(C)CNC(=O)Cc1cccc(OCc2cccc(Cl)c2)c1.Cl. The second-order valence-electron chi connectivity index (χ2n) is 5.74. The molecule has 2 aromatic carbocycles. The van der Waals surface area contributed by atoms with Crippen molar-refractivity contribution in [3.8, 4) is 5.75 Å². The second kappa shape index (κ2) is 11.0. The van der Waals surface area contributed by atoms with E-state index < -0.39 is 0 Å². The minimum Gasteiger partial charge on any atom is -0.489 e. The number of rotatable bonds is 8. The van der Waals surface area contributed by atoms with Crippen LogP contribution in [0.3, 0.4) is 0 Å². The number of carbonyl (C=O) groups excluding carboxylic acids is 1. The zero-order chi connectivity index (χ0) is 17.4. The summed E-state index contributed by atoms with van der Waals surface area (Å²) in [7, 11) is 1.87. The molecule has 1 atom stereocenters. The maximum absolute atomic E-state index is 12.0. The first kappa shape index (κ1) is 21.3. The summed E-state index contributed by atoms with van der Waals surface area (Å²) >= 11 is 5.97. The number of nitrogens with one attached hydrogen (secondary N) is 2. The minimum atomic E-state index is 0. The van der Waals surface area contributed by atoms with E-state index in [0.29, 0.717) is 24.6 Å². The Labute approximate surface area is 160 Å². The molecule has 2 N–H and O–H groups in total. The molecule has 0 aromatic heterocycles. The molecule has 0 aliphatic rings. The highest BCUT2D eigenvalue weighted by atomic mass is 35.5. The van der Waals surface area contributed by atoms with Gasteiger partial charge in [0.05, 0.1) is 6.42 Å². The third kappa shape index (κ3) is 7.78. The molecule has 2 aromatic rings. The van der Waals surface area contributed by atoms with Crippen molar-refractivity contribution in [1.29, 1.82) is 0 Å². The van der Waals surface area contributed by atoms with Crippen molar-refractivity contribution < 1.29 is 9.53 Å². The summed E-state index contributed by atoms with van der Waals surface area (Å²) in [6.45, 7) is 3.07. The lowest BCUT2D eigenvalue weighted by Gasteiger charge is -2.12. The smallest absolute Gasteiger partial charge is 0.224 e. The number of hydrogen-bond acceptors (Lipinski definition) is 3. The number of carbonyl (C=O) groups is 1. The molecular formula is C19H24Cl2N2O2. The fraction of sp³-hybridized carbons (Fsp3) is 0.316. The molecule has 2 rings (SSSR count). The van der Waals surface area contributed by atoms with Gasteiger partial charge in [-0.1, -0.05) is 35.9 Å². The Balaban J connectivity index is 0.00000312. The number of hydrogen-bond donors (Lipinski definition) is 2. The molecule has 0 aliphatic carbocycles. The molecule has 0 radical (unpaired) electrons. The molecule has 0 heterocycles. The average molecular weight is 383 g/mol. The van der Waals surface area contributed by atoms with Crippen molar-refractivity contribution in [2.75, 3.05) is 13.6 Å². The Hall–Kier alpha value is -1.75. The Morgan fingerprint density at radius 2 is 1.88 bits per heavy atom. The number of likely N-dealkylation sites (N-methyl/N-ethyl adjacent to an activating group) is 1. The van der Waals surface area contributed by atoms with Crippen molar-refractivity contribution in [3.05, 3.63) is 64.7 Å². The highest BCUT2D eigenvalue weighted by Gasteiger charge is 2.06. The van der Waals surface area contributed by atoms with Gasteiger partial charge in [-0.05, 0) is 49.4 Å². The summed E-state index contributed by atoms with van der Waals surface area (Å²) in [5.41, 5.74) is 1.93. The highest BCUT2D eigenvalue weighted by molar-refractivity contribution is 6.30. The molecule has 1 unspecified atom stereocenters. The van der Waals surface area contributed by atoms with E-state index in [-0.39, 0.29) is 24.4 Å². The van der Waals surface area contributed by atoms with Crippen molar-refractivity contribution in [1.82, 2.24) is 10.6 Å². The van der Waals surface area contributed by atoms with Crippen LogP contribution in [0.2, 0.25) is 5.02 Å². The summed E-state index contributed by atoms with van der Waals surface area (Å²) in [6, 6.07) is 15.4. The summed E-state index contributed by atoms with van der Waals surface area (Å²) in [5.74, 6) is 0.743. The number of benzene rings is 2. The van der Waals surface area contributed by atoms with Gasteiger partial charge >= 0.3 is 0 Å². The zero-order valence-electron chi connectivity index (χ0n) is 14.4. The van der Waals surface area contributed by atoms with Crippen molar-refractivity contribution in [3.63, 3.8) is 0 Å². The topological polar surface area (TPSA) is 50.4 Å². The van der Waals surface area contributed by atoms with E-state index in [1.807, 2.05) is 62.5 Å². The van der Waals surface area contributed by atoms with Crippen LogP contribution in [0.25, 0.3) is 0 Å². The van der Waals surface area contributed by atoms with Crippen LogP contribution in [0.15, 0.2) is 48.5 Å². The van der Waals surface area contributed by atoms with E-state index in [2.05, 4.69) is 10.6 Å². The Bertz CT molecular complexity index is 680. The molecule has 0 saturated carbocycles. The monoisotopic (exact) mass is 382 g/mol. The number of ether oxygens (including phenoxy) is 1. The van der Waals surface area contributed by atoms with Gasteiger partial charge in [0, 0.05) is 17.6 Å². The first-order chi connectivity index (χ1) is 11.6. The van der Waals surface area contributed by atoms with Gasteiger partial charge in [0.2, 0.25) is 5.91 Å². The quantitative estimate of drug-likeness (QED) is 0.732. The van der Waals surface area contributed by atoms with Gasteiger partial charge in [0.15, 0.2) is 0 Å². The van der Waals surface area contributed by atoms with Crippen LogP contribution in [-0.4, -0.2) is 25.5 Å². The van der Waals surface area contributed by atoms with Crippen LogP contribution in [0.4, 0.5) is 0 Å². The van der Waals surface area contributed by atoms with E-state index in [1.165, 1.54) is 0 Å². The fourth-order valence-corrected chi connectivity index (χ4v) is 2.37. The zero-order valence-corrected chi connectivity index (χ0v) is 16.0. The van der Waals surface area contributed by atoms with Gasteiger partial charge in [0.1, 0.15) is 12.4 Å². The molecule has 1 amide bonds. The third-order valence-electron chi connectivity index (χ3n) is 3.66. The predicted octanol–water partition coefficient (Wildman–Crippen LogP) is 3.61. The molecule has 25 heavy (non-hydrogen) atoms. The molecule has 0 spiro atoms. The van der Waals surface area contributed by atoms with E-state index in [1.54, 1.807) is 0 Å². The van der Waals surface area contributed by atoms with Gasteiger partial charge < -0.3 is 15.4 Å². The molecule has 0 saturated heterocycles. The largest absolute Gasteiger partial charge is 0.489 e. The normalized spacial score (nSPS) is 11.3. The van der Waals surface area contributed by atoms with E-state index >= 15 is 0 Å². The first-order valence-corrected chi connectivity index (χ1v) is 8.35. The molecule has 0 fully saturated rings. The second-order valence-corrected chi connectivity index (χ2v) is 6.17. The van der Waals surface area contributed by atoms with Crippen LogP contribution < -0.4 is 15.4 Å². The maximum Gasteiger partial charge on any atom is 0.224 e. The van der Waals surface area contributed by atoms with Crippen LogP contribution >= 0.6 is 24.0 Å². The van der Waals surface area contributed by atoms with Gasteiger partial charge in [-0.3, -0.25) is 4.79 Å². The van der Waals surface area contributed by atoms with Crippen LogP contribution in [0.5, 0.6) is 5.75 Å². The lowest BCUT2D eigenvalue weighted by atomic mass is 10.1. The van der Waals surface area contributed by atoms with Crippen LogP contribution in [-0.2, 0) is 17.8 Å². The highest BCUT2D eigenvalue weighted by Crippen LogP contribution is 2.17. The van der Waals surface area contributed by atoms with Crippen LogP contribution in [0, 0.1) is 0 Å². The maximum atomic E-state index is 12.0. The Kier molecular flexibility index (Phi) is 9.35. The number of halogens is 2. The van der Waals surface area contributed by atoms with Crippen molar-refractivity contribution in [2.45, 2.75) is 26.0 Å². The fourth-order valence-electron chi connectivity index (χ4n) is 2.16. The molecule has 0 aliphatic heterocycles. The standard InChI is InChI=1S/C19H23ClN2O2.ClH/c1-14(21-2)12-22-19(23)11-15-5-4-8-18(10-15)24-13-16-6-3-7-17(20)9-16;/h3-10,14,21H,11-13H2,1-2H3,(H,22,23);1H. The lowest BCUT2D eigenvalue weighted by molar-refractivity contribution is -0.120. The summed E-state index contributed by atoms with van der Waals surface area (Å²) < 4.78 is 5.78. The Morgan fingerprint density at radius 1 is 1.16 bits per heavy atom. The minimum absolute atomic E-state index is 0. The van der Waals surface area contributed by atoms with Gasteiger partial charge in [0.25, 0.3) is 0 Å². The summed E-state index contributed by atoms with van der Waals surface area (Å²) in [4.78, 5) is 12.0. The van der Waals surface area contributed by atoms with E-state index in [4.69, 9.17) is 16.3 Å². The molecule has 6 heteroatoms. The van der Waals surface area contributed by atoms with Crippen molar-refractivity contribution >= 4 is 29.9 Å². The van der Waals surface area contributed by atoms with E-state index in [0.717, 1.165) is 16.9 Å². The van der Waals surface area contributed by atoms with Crippen LogP contribution in [0.1, 0.15) is 18.1 Å². The average Bonchev–Trinajstić information content (AvgIpc) is 2.58. The summed E-state index contributed by atoms with van der Waals surface area (Å²) in [5, 5.41) is 6.69. The Morgan fingerprint density at radius 3 is 2.60 bits per heavy atom. The first-order valence-electron chi connectivity index (χ1n) is 7.97.